The molecule has 0 amide bonds. The zero-order chi connectivity index (χ0) is 14.5. The van der Waals surface area contributed by atoms with Crippen molar-refractivity contribution in [2.45, 2.75) is 51.1 Å². The van der Waals surface area contributed by atoms with Crippen molar-refractivity contribution in [2.24, 2.45) is 0 Å². The Labute approximate surface area is 131 Å². The van der Waals surface area contributed by atoms with E-state index in [0.717, 1.165) is 23.1 Å². The van der Waals surface area contributed by atoms with E-state index >= 15 is 0 Å². The summed E-state index contributed by atoms with van der Waals surface area (Å²) < 4.78 is 0. The fourth-order valence-corrected chi connectivity index (χ4v) is 4.09. The van der Waals surface area contributed by atoms with Gasteiger partial charge in [-0.15, -0.1) is 0 Å². The molecule has 0 radical (unpaired) electrons. The Bertz CT molecular complexity index is 550. The number of nitrogens with one attached hydrogen (secondary N) is 1. The maximum Gasteiger partial charge on any atom is 0.169 e. The summed E-state index contributed by atoms with van der Waals surface area (Å²) in [5, 5.41) is 5.17. The smallest absolute Gasteiger partial charge is 0.169 e. The first kappa shape index (κ1) is 14.2. The van der Waals surface area contributed by atoms with Gasteiger partial charge in [-0.3, -0.25) is 0 Å². The highest BCUT2D eigenvalue weighted by Crippen LogP contribution is 2.49. The minimum atomic E-state index is 0.00929. The number of hydrogen-bond acceptors (Lipinski definition) is 1. The van der Waals surface area contributed by atoms with Crippen molar-refractivity contribution in [1.29, 1.82) is 0 Å². The maximum atomic E-state index is 6.15. The van der Waals surface area contributed by atoms with Crippen molar-refractivity contribution in [3.63, 3.8) is 0 Å². The Balaban J connectivity index is 1.87. The van der Waals surface area contributed by atoms with E-state index in [2.05, 4.69) is 43.1 Å². The predicted molar refractivity (Wildman–Crippen MR) is 88.4 cm³/mol. The second kappa shape index (κ2) is 4.88. The lowest BCUT2D eigenvalue weighted by Crippen LogP contribution is -2.50. The van der Waals surface area contributed by atoms with Gasteiger partial charge in [0.25, 0.3) is 0 Å². The van der Waals surface area contributed by atoms with Crippen molar-refractivity contribution in [3.05, 3.63) is 34.3 Å². The number of fused-ring (bicyclic) bond motifs is 5. The van der Waals surface area contributed by atoms with Gasteiger partial charge in [0.1, 0.15) is 0 Å². The van der Waals surface area contributed by atoms with Gasteiger partial charge in [0, 0.05) is 17.1 Å². The number of nitrogens with zero attached hydrogens (tertiary/aromatic N) is 1. The van der Waals surface area contributed by atoms with Gasteiger partial charge in [0.15, 0.2) is 5.11 Å². The van der Waals surface area contributed by atoms with Gasteiger partial charge >= 0.3 is 0 Å². The SMILES string of the molecule is CC(C)(C)NC(=S)N1CCC2C[C@@H]1c1ccc(Cl)cc12. The Morgan fingerprint density at radius 3 is 2.80 bits per heavy atom. The highest BCUT2D eigenvalue weighted by Gasteiger charge is 2.40. The van der Waals surface area contributed by atoms with E-state index in [1.54, 1.807) is 0 Å². The molecule has 2 bridgehead atoms. The molecule has 1 saturated heterocycles. The van der Waals surface area contributed by atoms with Gasteiger partial charge in [-0.05, 0) is 75.0 Å². The van der Waals surface area contributed by atoms with Gasteiger partial charge in [-0.2, -0.15) is 0 Å². The van der Waals surface area contributed by atoms with Crippen LogP contribution in [0, 0.1) is 0 Å². The number of hydrogen-bond donors (Lipinski definition) is 1. The molecule has 0 saturated carbocycles. The lowest BCUT2D eigenvalue weighted by Gasteiger charge is -2.38. The van der Waals surface area contributed by atoms with Gasteiger partial charge < -0.3 is 10.2 Å². The quantitative estimate of drug-likeness (QED) is 0.721. The van der Waals surface area contributed by atoms with Gasteiger partial charge in [-0.1, -0.05) is 17.7 Å². The summed E-state index contributed by atoms with van der Waals surface area (Å²) in [5.41, 5.74) is 2.86. The molecule has 1 aliphatic heterocycles. The van der Waals surface area contributed by atoms with Gasteiger partial charge in [0.05, 0.1) is 6.04 Å². The average molecular weight is 309 g/mol. The van der Waals surface area contributed by atoms with Gasteiger partial charge in [0.2, 0.25) is 0 Å². The van der Waals surface area contributed by atoms with Crippen LogP contribution in [0.4, 0.5) is 0 Å². The number of halogens is 1. The average Bonchev–Trinajstić information content (AvgIpc) is 2.61. The summed E-state index contributed by atoms with van der Waals surface area (Å²) in [7, 11) is 0. The lowest BCUT2D eigenvalue weighted by atomic mass is 9.96. The van der Waals surface area contributed by atoms with Crippen molar-refractivity contribution in [2.75, 3.05) is 6.54 Å². The first-order valence-electron chi connectivity index (χ1n) is 7.23. The highest BCUT2D eigenvalue weighted by atomic mass is 35.5. The highest BCUT2D eigenvalue weighted by molar-refractivity contribution is 7.80. The summed E-state index contributed by atoms with van der Waals surface area (Å²) in [6.45, 7) is 7.47. The molecule has 2 nitrogen and oxygen atoms in total. The molecule has 0 aromatic heterocycles. The number of piperidine rings is 1. The molecule has 1 aliphatic carbocycles. The topological polar surface area (TPSA) is 15.3 Å². The molecular weight excluding hydrogens is 288 g/mol. The van der Waals surface area contributed by atoms with Crippen molar-refractivity contribution < 1.29 is 0 Å². The summed E-state index contributed by atoms with van der Waals surface area (Å²) in [5.74, 6) is 0.655. The predicted octanol–water partition coefficient (Wildman–Crippen LogP) is 4.25. The largest absolute Gasteiger partial charge is 0.358 e. The monoisotopic (exact) mass is 308 g/mol. The van der Waals surface area contributed by atoms with E-state index in [-0.39, 0.29) is 5.54 Å². The molecule has 2 aliphatic rings. The molecule has 4 heteroatoms. The van der Waals surface area contributed by atoms with Crippen molar-refractivity contribution in [1.82, 2.24) is 10.2 Å². The summed E-state index contributed by atoms with van der Waals surface area (Å²) in [6, 6.07) is 6.74. The van der Waals surface area contributed by atoms with Crippen LogP contribution in [-0.4, -0.2) is 22.1 Å². The van der Waals surface area contributed by atoms with Crippen LogP contribution >= 0.6 is 23.8 Å². The molecule has 1 aromatic carbocycles. The van der Waals surface area contributed by atoms with E-state index in [1.165, 1.54) is 17.5 Å². The van der Waals surface area contributed by atoms with Crippen LogP contribution in [-0.2, 0) is 0 Å². The number of benzene rings is 1. The van der Waals surface area contributed by atoms with Crippen LogP contribution in [0.1, 0.15) is 56.7 Å². The Kier molecular flexibility index (Phi) is 3.46. The van der Waals surface area contributed by atoms with E-state index < -0.39 is 0 Å². The second-order valence-corrected chi connectivity index (χ2v) is 7.71. The standard InChI is InChI=1S/C16H21ClN2S/c1-16(2,3)18-15(20)19-7-6-10-8-14(19)12-5-4-11(17)9-13(10)12/h4-5,9-10,14H,6-8H2,1-3H3,(H,18,20)/t10?,14-/m1/s1. The van der Waals surface area contributed by atoms with Crippen LogP contribution in [0.25, 0.3) is 0 Å². The maximum absolute atomic E-state index is 6.15. The molecular formula is C16H21ClN2S. The molecule has 20 heavy (non-hydrogen) atoms. The molecule has 3 rings (SSSR count). The number of thiocarbonyl (C=S) groups is 1. The fraction of sp³-hybridized carbons (Fsp3) is 0.562. The zero-order valence-electron chi connectivity index (χ0n) is 12.2. The third-order valence-corrected chi connectivity index (χ3v) is 4.76. The Hall–Kier alpha value is -0.800. The molecule has 1 N–H and O–H groups in total. The summed E-state index contributed by atoms with van der Waals surface area (Å²) in [4.78, 5) is 2.36. The lowest BCUT2D eigenvalue weighted by molar-refractivity contribution is 0.241. The third-order valence-electron chi connectivity index (χ3n) is 4.19. The number of rotatable bonds is 0. The van der Waals surface area contributed by atoms with E-state index in [4.69, 9.17) is 23.8 Å². The number of likely N-dealkylation sites (tertiary alicyclic amines) is 1. The second-order valence-electron chi connectivity index (χ2n) is 6.88. The molecule has 1 heterocycles. The summed E-state index contributed by atoms with van der Waals surface area (Å²) >= 11 is 11.8. The van der Waals surface area contributed by atoms with Crippen LogP contribution in [0.5, 0.6) is 0 Å². The van der Waals surface area contributed by atoms with Crippen molar-refractivity contribution >= 4 is 28.9 Å². The molecule has 2 atom stereocenters. The van der Waals surface area contributed by atoms with Crippen LogP contribution in [0.3, 0.4) is 0 Å². The summed E-state index contributed by atoms with van der Waals surface area (Å²) in [6.07, 6.45) is 2.33. The molecule has 1 unspecified atom stereocenters. The first-order chi connectivity index (χ1) is 9.35. The van der Waals surface area contributed by atoms with Crippen LogP contribution in [0.2, 0.25) is 5.02 Å². The Morgan fingerprint density at radius 1 is 1.35 bits per heavy atom. The normalized spacial score (nSPS) is 24.5. The Morgan fingerprint density at radius 2 is 2.10 bits per heavy atom. The van der Waals surface area contributed by atoms with E-state index in [9.17, 15) is 0 Å². The molecule has 1 aromatic rings. The first-order valence-corrected chi connectivity index (χ1v) is 8.02. The third kappa shape index (κ3) is 2.53. The fourth-order valence-electron chi connectivity index (χ4n) is 3.38. The van der Waals surface area contributed by atoms with E-state index in [0.29, 0.717) is 12.0 Å². The van der Waals surface area contributed by atoms with Crippen molar-refractivity contribution in [3.8, 4) is 0 Å². The van der Waals surface area contributed by atoms with Crippen LogP contribution in [0.15, 0.2) is 18.2 Å². The minimum absolute atomic E-state index is 0.00929. The van der Waals surface area contributed by atoms with E-state index in [1.807, 2.05) is 6.07 Å². The van der Waals surface area contributed by atoms with Crippen LogP contribution < -0.4 is 5.32 Å². The molecule has 0 spiro atoms. The molecule has 1 fully saturated rings. The minimum Gasteiger partial charge on any atom is -0.358 e. The zero-order valence-corrected chi connectivity index (χ0v) is 13.8. The van der Waals surface area contributed by atoms with Gasteiger partial charge in [-0.25, -0.2) is 0 Å². The molecule has 108 valence electrons.